The van der Waals surface area contributed by atoms with Crippen LogP contribution in [0.2, 0.25) is 0 Å². The molecule has 0 aromatic rings. The molecule has 0 aliphatic heterocycles. The maximum atomic E-state index is 11.5. The monoisotopic (exact) mass is 275 g/mol. The van der Waals surface area contributed by atoms with E-state index in [1.807, 2.05) is 6.92 Å². The first kappa shape index (κ1) is 17.0. The van der Waals surface area contributed by atoms with Crippen molar-refractivity contribution >= 4 is 28.8 Å². The molecule has 0 radical (unpaired) electrons. The van der Waals surface area contributed by atoms with Gasteiger partial charge in [-0.05, 0) is 12.3 Å². The van der Waals surface area contributed by atoms with Gasteiger partial charge in [0.2, 0.25) is 5.91 Å². The second-order valence-electron chi connectivity index (χ2n) is 4.49. The highest BCUT2D eigenvalue weighted by atomic mass is 32.2. The lowest BCUT2D eigenvalue weighted by atomic mass is 10.1. The summed E-state index contributed by atoms with van der Waals surface area (Å²) in [6.07, 6.45) is 0.632. The van der Waals surface area contributed by atoms with E-state index in [0.717, 1.165) is 12.2 Å². The molecule has 0 saturated heterocycles. The molecule has 2 atom stereocenters. The molecule has 1 amide bonds. The number of carbonyl (C=O) groups excluding carboxylic acids is 2. The molecule has 2 unspecified atom stereocenters. The van der Waals surface area contributed by atoms with E-state index in [4.69, 9.17) is 5.11 Å². The summed E-state index contributed by atoms with van der Waals surface area (Å²) < 4.78 is 0. The summed E-state index contributed by atoms with van der Waals surface area (Å²) in [7, 11) is 0. The number of hydrogen-bond donors (Lipinski definition) is 2. The molecule has 0 aliphatic rings. The SMILES string of the molecule is CC(=O)SCC(C)CCNC(=O)C(C)CC(=O)O. The second kappa shape index (κ2) is 8.97. The van der Waals surface area contributed by atoms with Gasteiger partial charge in [0.1, 0.15) is 0 Å². The van der Waals surface area contributed by atoms with E-state index in [9.17, 15) is 14.4 Å². The van der Waals surface area contributed by atoms with Crippen LogP contribution in [-0.2, 0) is 14.4 Å². The van der Waals surface area contributed by atoms with E-state index < -0.39 is 11.9 Å². The minimum absolute atomic E-state index is 0.0981. The highest BCUT2D eigenvalue weighted by molar-refractivity contribution is 8.13. The number of amides is 1. The second-order valence-corrected chi connectivity index (χ2v) is 5.68. The van der Waals surface area contributed by atoms with Crippen molar-refractivity contribution in [2.24, 2.45) is 11.8 Å². The van der Waals surface area contributed by atoms with Crippen LogP contribution in [0.3, 0.4) is 0 Å². The molecule has 0 spiro atoms. The predicted octanol–water partition coefficient (Wildman–Crippen LogP) is 1.52. The minimum Gasteiger partial charge on any atom is -0.481 e. The zero-order chi connectivity index (χ0) is 14.1. The van der Waals surface area contributed by atoms with E-state index in [1.54, 1.807) is 6.92 Å². The number of thioether (sulfide) groups is 1. The van der Waals surface area contributed by atoms with Crippen LogP contribution in [0.25, 0.3) is 0 Å². The fraction of sp³-hybridized carbons (Fsp3) is 0.750. The molecule has 0 aromatic carbocycles. The molecule has 0 aliphatic carbocycles. The zero-order valence-corrected chi connectivity index (χ0v) is 11.9. The van der Waals surface area contributed by atoms with Crippen LogP contribution in [0.4, 0.5) is 0 Å². The van der Waals surface area contributed by atoms with Gasteiger partial charge in [-0.25, -0.2) is 0 Å². The fourth-order valence-electron chi connectivity index (χ4n) is 1.31. The van der Waals surface area contributed by atoms with Crippen LogP contribution in [-0.4, -0.2) is 34.4 Å². The standard InChI is InChI=1S/C12H21NO4S/c1-8(7-18-10(3)14)4-5-13-12(17)9(2)6-11(15)16/h8-9H,4-7H2,1-3H3,(H,13,17)(H,15,16). The van der Waals surface area contributed by atoms with Crippen LogP contribution in [0, 0.1) is 11.8 Å². The van der Waals surface area contributed by atoms with Gasteiger partial charge in [0.25, 0.3) is 0 Å². The van der Waals surface area contributed by atoms with E-state index in [2.05, 4.69) is 5.32 Å². The van der Waals surface area contributed by atoms with Crippen LogP contribution < -0.4 is 5.32 Å². The number of carboxylic acids is 1. The third-order valence-electron chi connectivity index (χ3n) is 2.44. The smallest absolute Gasteiger partial charge is 0.304 e. The Morgan fingerprint density at radius 2 is 1.89 bits per heavy atom. The van der Waals surface area contributed by atoms with Crippen molar-refractivity contribution in [1.29, 1.82) is 0 Å². The van der Waals surface area contributed by atoms with Gasteiger partial charge >= 0.3 is 5.97 Å². The van der Waals surface area contributed by atoms with Crippen LogP contribution >= 0.6 is 11.8 Å². The van der Waals surface area contributed by atoms with Crippen LogP contribution in [0.5, 0.6) is 0 Å². The lowest BCUT2D eigenvalue weighted by Gasteiger charge is -2.13. The number of carbonyl (C=O) groups is 3. The van der Waals surface area contributed by atoms with Crippen molar-refractivity contribution in [1.82, 2.24) is 5.32 Å². The molecule has 18 heavy (non-hydrogen) atoms. The van der Waals surface area contributed by atoms with Gasteiger partial charge < -0.3 is 10.4 Å². The van der Waals surface area contributed by atoms with Gasteiger partial charge in [0, 0.05) is 25.1 Å². The van der Waals surface area contributed by atoms with Gasteiger partial charge in [-0.15, -0.1) is 0 Å². The van der Waals surface area contributed by atoms with E-state index >= 15 is 0 Å². The first-order valence-electron chi connectivity index (χ1n) is 5.95. The third kappa shape index (κ3) is 9.04. The van der Waals surface area contributed by atoms with Crippen molar-refractivity contribution in [2.75, 3.05) is 12.3 Å². The van der Waals surface area contributed by atoms with Crippen LogP contribution in [0.15, 0.2) is 0 Å². The van der Waals surface area contributed by atoms with Gasteiger partial charge in [-0.2, -0.15) is 0 Å². The molecule has 5 nitrogen and oxygen atoms in total. The number of hydrogen-bond acceptors (Lipinski definition) is 4. The van der Waals surface area contributed by atoms with Gasteiger partial charge in [0.15, 0.2) is 5.12 Å². The molecule has 0 saturated carbocycles. The molecule has 104 valence electrons. The first-order valence-corrected chi connectivity index (χ1v) is 6.94. The molecule has 0 bridgehead atoms. The fourth-order valence-corrected chi connectivity index (χ4v) is 2.00. The Labute approximate surface area is 112 Å². The lowest BCUT2D eigenvalue weighted by molar-refractivity contribution is -0.140. The largest absolute Gasteiger partial charge is 0.481 e. The number of nitrogens with one attached hydrogen (secondary N) is 1. The number of carboxylic acid groups (broad SMARTS) is 1. The molecule has 6 heteroatoms. The zero-order valence-electron chi connectivity index (χ0n) is 11.1. The topological polar surface area (TPSA) is 83.5 Å². The Morgan fingerprint density at radius 3 is 2.39 bits per heavy atom. The van der Waals surface area contributed by atoms with Crippen molar-refractivity contribution in [3.05, 3.63) is 0 Å². The summed E-state index contributed by atoms with van der Waals surface area (Å²) in [5.74, 6) is -0.623. The molecule has 2 N–H and O–H groups in total. The molecule has 0 heterocycles. The highest BCUT2D eigenvalue weighted by Gasteiger charge is 2.16. The number of rotatable bonds is 8. The molecule has 0 rings (SSSR count). The predicted molar refractivity (Wildman–Crippen MR) is 71.3 cm³/mol. The third-order valence-corrected chi connectivity index (χ3v) is 3.58. The summed E-state index contributed by atoms with van der Waals surface area (Å²) in [6, 6.07) is 0. The van der Waals surface area contributed by atoms with Gasteiger partial charge in [-0.3, -0.25) is 14.4 Å². The Morgan fingerprint density at radius 1 is 1.28 bits per heavy atom. The lowest BCUT2D eigenvalue weighted by Crippen LogP contribution is -2.32. The number of aliphatic carboxylic acids is 1. The molecular weight excluding hydrogens is 254 g/mol. The first-order chi connectivity index (χ1) is 8.32. The van der Waals surface area contributed by atoms with Gasteiger partial charge in [-0.1, -0.05) is 25.6 Å². The summed E-state index contributed by atoms with van der Waals surface area (Å²) in [6.45, 7) is 5.66. The van der Waals surface area contributed by atoms with Crippen molar-refractivity contribution in [3.63, 3.8) is 0 Å². The molecule has 0 fully saturated rings. The Kier molecular flexibility index (Phi) is 8.45. The summed E-state index contributed by atoms with van der Waals surface area (Å²) in [5, 5.41) is 11.4. The Bertz CT molecular complexity index is 306. The molecule has 0 aromatic heterocycles. The van der Waals surface area contributed by atoms with Crippen LogP contribution in [0.1, 0.15) is 33.6 Å². The van der Waals surface area contributed by atoms with E-state index in [-0.39, 0.29) is 17.4 Å². The normalized spacial score (nSPS) is 13.7. The maximum Gasteiger partial charge on any atom is 0.304 e. The van der Waals surface area contributed by atoms with Crippen molar-refractivity contribution < 1.29 is 19.5 Å². The summed E-state index contributed by atoms with van der Waals surface area (Å²) >= 11 is 1.28. The van der Waals surface area contributed by atoms with Gasteiger partial charge in [0.05, 0.1) is 6.42 Å². The average Bonchev–Trinajstić information content (AvgIpc) is 2.25. The van der Waals surface area contributed by atoms with Crippen molar-refractivity contribution in [2.45, 2.75) is 33.6 Å². The van der Waals surface area contributed by atoms with Crippen molar-refractivity contribution in [3.8, 4) is 0 Å². The van der Waals surface area contributed by atoms with E-state index in [0.29, 0.717) is 12.5 Å². The maximum absolute atomic E-state index is 11.5. The Hall–Kier alpha value is -1.04. The minimum atomic E-state index is -0.969. The quantitative estimate of drug-likeness (QED) is 0.701. The molecular formula is C12H21NO4S. The Balaban J connectivity index is 3.73. The van der Waals surface area contributed by atoms with E-state index in [1.165, 1.54) is 18.7 Å². The summed E-state index contributed by atoms with van der Waals surface area (Å²) in [5.41, 5.74) is 0. The highest BCUT2D eigenvalue weighted by Crippen LogP contribution is 2.11. The average molecular weight is 275 g/mol. The summed E-state index contributed by atoms with van der Waals surface area (Å²) in [4.78, 5) is 32.7.